The lowest BCUT2D eigenvalue weighted by atomic mass is 10.3. The first-order chi connectivity index (χ1) is 7.65. The van der Waals surface area contributed by atoms with Crippen molar-refractivity contribution in [2.75, 3.05) is 27.0 Å². The molecule has 0 fully saturated rings. The van der Waals surface area contributed by atoms with E-state index in [4.69, 9.17) is 0 Å². The average molecular weight is 265 g/mol. The molecule has 0 aliphatic carbocycles. The van der Waals surface area contributed by atoms with Gasteiger partial charge in [0.15, 0.2) is 6.61 Å². The van der Waals surface area contributed by atoms with E-state index in [1.165, 1.54) is 14.0 Å². The maximum atomic E-state index is 12.4. The third-order valence-corrected chi connectivity index (χ3v) is 1.72. The van der Waals surface area contributed by atoms with Gasteiger partial charge in [-0.3, -0.25) is 4.90 Å². The van der Waals surface area contributed by atoms with Gasteiger partial charge >= 0.3 is 18.2 Å². The van der Waals surface area contributed by atoms with E-state index in [0.717, 1.165) is 4.90 Å². The Hall–Kier alpha value is -1.12. The molecular formula is C8H12F5NO3. The van der Waals surface area contributed by atoms with Gasteiger partial charge in [-0.05, 0) is 6.92 Å². The topological polar surface area (TPSA) is 38.8 Å². The van der Waals surface area contributed by atoms with E-state index in [2.05, 4.69) is 9.47 Å². The minimum atomic E-state index is -5.74. The summed E-state index contributed by atoms with van der Waals surface area (Å²) in [6.07, 6.45) is -7.04. The summed E-state index contributed by atoms with van der Waals surface area (Å²) >= 11 is 0. The van der Waals surface area contributed by atoms with E-state index in [-0.39, 0.29) is 13.3 Å². The zero-order valence-electron chi connectivity index (χ0n) is 9.18. The number of carbonyl (C=O) groups is 1. The lowest BCUT2D eigenvalue weighted by molar-refractivity contribution is -0.292. The van der Waals surface area contributed by atoms with Crippen molar-refractivity contribution in [2.24, 2.45) is 0 Å². The lowest BCUT2D eigenvalue weighted by Crippen LogP contribution is -2.43. The van der Waals surface area contributed by atoms with Crippen molar-refractivity contribution in [1.82, 2.24) is 4.90 Å². The van der Waals surface area contributed by atoms with Gasteiger partial charge in [-0.15, -0.1) is 0 Å². The van der Waals surface area contributed by atoms with Crippen LogP contribution >= 0.6 is 0 Å². The van der Waals surface area contributed by atoms with Gasteiger partial charge in [0.25, 0.3) is 0 Å². The molecule has 4 nitrogen and oxygen atoms in total. The number of hydrogen-bond donors (Lipinski definition) is 0. The number of ether oxygens (including phenoxy) is 2. The molecule has 0 aromatic heterocycles. The van der Waals surface area contributed by atoms with Crippen LogP contribution in [-0.2, 0) is 9.47 Å². The Morgan fingerprint density at radius 2 is 1.76 bits per heavy atom. The fraction of sp³-hybridized carbons (Fsp3) is 0.875. The molecule has 0 heterocycles. The molecule has 9 heteroatoms. The molecule has 0 spiro atoms. The third kappa shape index (κ3) is 4.72. The second-order valence-corrected chi connectivity index (χ2v) is 3.03. The Kier molecular flexibility index (Phi) is 5.59. The molecule has 1 amide bonds. The fourth-order valence-corrected chi connectivity index (χ4v) is 0.754. The number of alkyl halides is 5. The predicted molar refractivity (Wildman–Crippen MR) is 46.6 cm³/mol. The number of hydrogen-bond acceptors (Lipinski definition) is 3. The Morgan fingerprint density at radius 1 is 1.24 bits per heavy atom. The molecule has 0 saturated carbocycles. The highest BCUT2D eigenvalue weighted by Gasteiger charge is 2.58. The highest BCUT2D eigenvalue weighted by molar-refractivity contribution is 5.67. The van der Waals surface area contributed by atoms with Crippen LogP contribution in [0.15, 0.2) is 0 Å². The standard InChI is InChI=1S/C8H12F5NO3/c1-3-14(5-16-2)6(15)17-4-7(9,10)8(11,12)13/h3-5H2,1-2H3. The van der Waals surface area contributed by atoms with Crippen LogP contribution in [0.2, 0.25) is 0 Å². The summed E-state index contributed by atoms with van der Waals surface area (Å²) in [7, 11) is 1.24. The van der Waals surface area contributed by atoms with Crippen molar-refractivity contribution >= 4 is 6.09 Å². The van der Waals surface area contributed by atoms with Gasteiger partial charge in [-0.25, -0.2) is 4.79 Å². The molecule has 17 heavy (non-hydrogen) atoms. The molecule has 0 rings (SSSR count). The molecular weight excluding hydrogens is 253 g/mol. The highest BCUT2D eigenvalue weighted by Crippen LogP contribution is 2.35. The highest BCUT2D eigenvalue weighted by atomic mass is 19.4. The normalized spacial score (nSPS) is 12.4. The molecule has 0 N–H and O–H groups in total. The van der Waals surface area contributed by atoms with E-state index in [0.29, 0.717) is 0 Å². The van der Waals surface area contributed by atoms with Crippen LogP contribution in [0.3, 0.4) is 0 Å². The van der Waals surface area contributed by atoms with Crippen molar-refractivity contribution < 1.29 is 36.2 Å². The number of nitrogens with zero attached hydrogens (tertiary/aromatic N) is 1. The molecule has 0 bridgehead atoms. The van der Waals surface area contributed by atoms with Crippen LogP contribution in [0.4, 0.5) is 26.7 Å². The molecule has 0 saturated heterocycles. The fourth-order valence-electron chi connectivity index (χ4n) is 0.754. The number of rotatable bonds is 5. The number of methoxy groups -OCH3 is 1. The summed E-state index contributed by atoms with van der Waals surface area (Å²) in [5.74, 6) is -5.06. The summed E-state index contributed by atoms with van der Waals surface area (Å²) in [4.78, 5) is 11.9. The maximum Gasteiger partial charge on any atom is 0.456 e. The lowest BCUT2D eigenvalue weighted by Gasteiger charge is -2.22. The van der Waals surface area contributed by atoms with E-state index >= 15 is 0 Å². The summed E-state index contributed by atoms with van der Waals surface area (Å²) in [6.45, 7) is -0.755. The van der Waals surface area contributed by atoms with Crippen molar-refractivity contribution in [3.05, 3.63) is 0 Å². The van der Waals surface area contributed by atoms with E-state index < -0.39 is 24.8 Å². The van der Waals surface area contributed by atoms with E-state index in [1.807, 2.05) is 0 Å². The second-order valence-electron chi connectivity index (χ2n) is 3.03. The van der Waals surface area contributed by atoms with Crippen molar-refractivity contribution in [2.45, 2.75) is 19.0 Å². The first kappa shape index (κ1) is 15.9. The zero-order valence-corrected chi connectivity index (χ0v) is 9.18. The van der Waals surface area contributed by atoms with E-state index in [1.54, 1.807) is 0 Å². The number of halogens is 5. The summed E-state index contributed by atoms with van der Waals surface area (Å²) < 4.78 is 68.4. The Morgan fingerprint density at radius 3 is 2.12 bits per heavy atom. The van der Waals surface area contributed by atoms with E-state index in [9.17, 15) is 26.7 Å². The monoisotopic (exact) mass is 265 g/mol. The Labute approximate surface area is 94.3 Å². The smallest absolute Gasteiger partial charge is 0.443 e. The largest absolute Gasteiger partial charge is 0.456 e. The quantitative estimate of drug-likeness (QED) is 0.565. The van der Waals surface area contributed by atoms with Gasteiger partial charge in [0.2, 0.25) is 0 Å². The Balaban J connectivity index is 4.32. The van der Waals surface area contributed by atoms with Crippen LogP contribution < -0.4 is 0 Å². The molecule has 0 unspecified atom stereocenters. The van der Waals surface area contributed by atoms with Crippen LogP contribution in [0.1, 0.15) is 6.92 Å². The van der Waals surface area contributed by atoms with Crippen molar-refractivity contribution in [1.29, 1.82) is 0 Å². The minimum Gasteiger partial charge on any atom is -0.443 e. The van der Waals surface area contributed by atoms with Crippen molar-refractivity contribution in [3.8, 4) is 0 Å². The molecule has 0 aliphatic rings. The van der Waals surface area contributed by atoms with Crippen molar-refractivity contribution in [3.63, 3.8) is 0 Å². The average Bonchev–Trinajstić information content (AvgIpc) is 2.21. The van der Waals surface area contributed by atoms with Gasteiger partial charge in [0, 0.05) is 13.7 Å². The molecule has 0 aromatic carbocycles. The van der Waals surface area contributed by atoms with Gasteiger partial charge < -0.3 is 9.47 Å². The van der Waals surface area contributed by atoms with Gasteiger partial charge in [0.1, 0.15) is 6.73 Å². The number of amides is 1. The molecule has 0 aliphatic heterocycles. The van der Waals surface area contributed by atoms with Gasteiger partial charge in [0.05, 0.1) is 0 Å². The molecule has 0 atom stereocenters. The first-order valence-electron chi connectivity index (χ1n) is 4.51. The third-order valence-electron chi connectivity index (χ3n) is 1.72. The molecule has 0 radical (unpaired) electrons. The second kappa shape index (κ2) is 5.99. The molecule has 0 aromatic rings. The minimum absolute atomic E-state index is 0.0598. The van der Waals surface area contributed by atoms with Gasteiger partial charge in [-0.2, -0.15) is 22.0 Å². The predicted octanol–water partition coefficient (Wildman–Crippen LogP) is 2.25. The van der Waals surface area contributed by atoms with Crippen LogP contribution in [-0.4, -0.2) is 50.1 Å². The maximum absolute atomic E-state index is 12.4. The summed E-state index contributed by atoms with van der Waals surface area (Å²) in [5, 5.41) is 0. The SMILES string of the molecule is CCN(COC)C(=O)OCC(F)(F)C(F)(F)F. The zero-order chi connectivity index (χ0) is 13.7. The summed E-state index contributed by atoms with van der Waals surface area (Å²) in [6, 6.07) is 0. The Bertz CT molecular complexity index is 256. The first-order valence-corrected chi connectivity index (χ1v) is 4.51. The summed E-state index contributed by atoms with van der Waals surface area (Å²) in [5.41, 5.74) is 0. The van der Waals surface area contributed by atoms with Crippen LogP contribution in [0.5, 0.6) is 0 Å². The van der Waals surface area contributed by atoms with Crippen LogP contribution in [0.25, 0.3) is 0 Å². The molecule has 102 valence electrons. The van der Waals surface area contributed by atoms with Crippen LogP contribution in [0, 0.1) is 0 Å². The van der Waals surface area contributed by atoms with Gasteiger partial charge in [-0.1, -0.05) is 0 Å². The number of carbonyl (C=O) groups excluding carboxylic acids is 1.